The number of aliphatic hydroxyl groups is 1. The summed E-state index contributed by atoms with van der Waals surface area (Å²) in [6.07, 6.45) is -0.574. The third-order valence-electron chi connectivity index (χ3n) is 2.72. The van der Waals surface area contributed by atoms with E-state index in [4.69, 9.17) is 18.9 Å². The van der Waals surface area contributed by atoms with E-state index in [1.807, 2.05) is 18.2 Å². The summed E-state index contributed by atoms with van der Waals surface area (Å²) < 4.78 is 20.8. The van der Waals surface area contributed by atoms with Crippen molar-refractivity contribution in [1.29, 1.82) is 0 Å². The van der Waals surface area contributed by atoms with Crippen LogP contribution in [0.3, 0.4) is 0 Å². The van der Waals surface area contributed by atoms with E-state index >= 15 is 0 Å². The average Bonchev–Trinajstić information content (AvgIpc) is 2.52. The van der Waals surface area contributed by atoms with Crippen molar-refractivity contribution < 1.29 is 24.1 Å². The molecule has 0 saturated carbocycles. The second kappa shape index (κ2) is 11.3. The van der Waals surface area contributed by atoms with Crippen LogP contribution in [0.15, 0.2) is 24.3 Å². The molecule has 0 amide bonds. The summed E-state index contributed by atoms with van der Waals surface area (Å²) in [7, 11) is 3.24. The highest BCUT2D eigenvalue weighted by Gasteiger charge is 2.05. The molecular weight excluding hydrogens is 274 g/mol. The number of hydrogen-bond donors (Lipinski definition) is 2. The number of nitrogens with one attached hydrogen (secondary N) is 1. The molecule has 0 fully saturated rings. The maximum atomic E-state index is 9.80. The molecule has 21 heavy (non-hydrogen) atoms. The molecule has 1 unspecified atom stereocenters. The van der Waals surface area contributed by atoms with Gasteiger partial charge in [-0.1, -0.05) is 6.07 Å². The molecule has 1 aromatic rings. The van der Waals surface area contributed by atoms with E-state index < -0.39 is 6.10 Å². The van der Waals surface area contributed by atoms with Crippen molar-refractivity contribution in [3.05, 3.63) is 24.3 Å². The lowest BCUT2D eigenvalue weighted by atomic mass is 10.3. The van der Waals surface area contributed by atoms with Gasteiger partial charge in [-0.3, -0.25) is 0 Å². The van der Waals surface area contributed by atoms with E-state index in [2.05, 4.69) is 5.32 Å². The minimum absolute atomic E-state index is 0.227. The first-order chi connectivity index (χ1) is 10.3. The molecule has 0 aliphatic rings. The van der Waals surface area contributed by atoms with Crippen molar-refractivity contribution in [1.82, 2.24) is 5.32 Å². The van der Waals surface area contributed by atoms with Crippen LogP contribution in [0.2, 0.25) is 0 Å². The van der Waals surface area contributed by atoms with E-state index in [-0.39, 0.29) is 6.61 Å². The van der Waals surface area contributed by atoms with Gasteiger partial charge in [-0.05, 0) is 12.1 Å². The predicted molar refractivity (Wildman–Crippen MR) is 80.1 cm³/mol. The molecule has 0 radical (unpaired) electrons. The molecule has 0 aromatic heterocycles. The summed E-state index contributed by atoms with van der Waals surface area (Å²) in [4.78, 5) is 0. The Morgan fingerprint density at radius 3 is 2.71 bits per heavy atom. The Morgan fingerprint density at radius 1 is 1.14 bits per heavy atom. The van der Waals surface area contributed by atoms with Crippen LogP contribution >= 0.6 is 0 Å². The molecule has 0 aliphatic carbocycles. The lowest BCUT2D eigenvalue weighted by Crippen LogP contribution is -2.33. The summed E-state index contributed by atoms with van der Waals surface area (Å²) in [5.41, 5.74) is 0. The smallest absolute Gasteiger partial charge is 0.123 e. The monoisotopic (exact) mass is 299 g/mol. The quantitative estimate of drug-likeness (QED) is 0.553. The summed E-state index contributed by atoms with van der Waals surface area (Å²) >= 11 is 0. The molecule has 120 valence electrons. The summed E-state index contributed by atoms with van der Waals surface area (Å²) in [5.74, 6) is 1.41. The lowest BCUT2D eigenvalue weighted by Gasteiger charge is -2.13. The molecule has 6 heteroatoms. The molecule has 2 N–H and O–H groups in total. The second-order valence-corrected chi connectivity index (χ2v) is 4.45. The van der Waals surface area contributed by atoms with Crippen LogP contribution in [-0.4, -0.2) is 64.9 Å². The van der Waals surface area contributed by atoms with Gasteiger partial charge in [-0.2, -0.15) is 0 Å². The van der Waals surface area contributed by atoms with Gasteiger partial charge in [-0.15, -0.1) is 0 Å². The van der Waals surface area contributed by atoms with E-state index in [1.165, 1.54) is 0 Å². The number of benzene rings is 1. The van der Waals surface area contributed by atoms with Gasteiger partial charge in [0.25, 0.3) is 0 Å². The van der Waals surface area contributed by atoms with Crippen LogP contribution in [0.1, 0.15) is 0 Å². The van der Waals surface area contributed by atoms with Crippen LogP contribution in [0.4, 0.5) is 0 Å². The Kier molecular flexibility index (Phi) is 9.56. The van der Waals surface area contributed by atoms with Gasteiger partial charge in [0, 0.05) is 26.3 Å². The topological polar surface area (TPSA) is 69.2 Å². The predicted octanol–water partition coefficient (Wildman–Crippen LogP) is 0.688. The fourth-order valence-corrected chi connectivity index (χ4v) is 1.60. The van der Waals surface area contributed by atoms with Crippen molar-refractivity contribution >= 4 is 0 Å². The first-order valence-electron chi connectivity index (χ1n) is 6.98. The highest BCUT2D eigenvalue weighted by Crippen LogP contribution is 2.18. The van der Waals surface area contributed by atoms with E-state index in [9.17, 15) is 5.11 Å². The fraction of sp³-hybridized carbons (Fsp3) is 0.600. The summed E-state index contributed by atoms with van der Waals surface area (Å²) in [5, 5.41) is 12.9. The fourth-order valence-electron chi connectivity index (χ4n) is 1.60. The van der Waals surface area contributed by atoms with Crippen molar-refractivity contribution in [3.63, 3.8) is 0 Å². The third kappa shape index (κ3) is 8.52. The molecule has 0 bridgehead atoms. The lowest BCUT2D eigenvalue weighted by molar-refractivity contribution is 0.0679. The molecular formula is C15H25NO5. The van der Waals surface area contributed by atoms with Crippen LogP contribution in [0.25, 0.3) is 0 Å². The molecule has 0 heterocycles. The Bertz CT molecular complexity index is 375. The van der Waals surface area contributed by atoms with Crippen molar-refractivity contribution in [2.24, 2.45) is 0 Å². The van der Waals surface area contributed by atoms with Crippen LogP contribution in [0, 0.1) is 0 Å². The van der Waals surface area contributed by atoms with Gasteiger partial charge in [0.05, 0.1) is 26.9 Å². The zero-order valence-corrected chi connectivity index (χ0v) is 12.7. The second-order valence-electron chi connectivity index (χ2n) is 4.45. The first kappa shape index (κ1) is 17.7. The Morgan fingerprint density at radius 2 is 1.95 bits per heavy atom. The number of methoxy groups -OCH3 is 2. The van der Waals surface area contributed by atoms with E-state index in [0.717, 1.165) is 5.75 Å². The van der Waals surface area contributed by atoms with Gasteiger partial charge in [0.15, 0.2) is 0 Å². The number of aliphatic hydroxyl groups excluding tert-OH is 1. The highest BCUT2D eigenvalue weighted by molar-refractivity contribution is 5.32. The maximum Gasteiger partial charge on any atom is 0.123 e. The SMILES string of the molecule is COCCOCCNCC(O)COc1cccc(OC)c1. The van der Waals surface area contributed by atoms with E-state index in [1.54, 1.807) is 20.3 Å². The molecule has 0 saturated heterocycles. The zero-order chi connectivity index (χ0) is 15.3. The largest absolute Gasteiger partial charge is 0.497 e. The van der Waals surface area contributed by atoms with Crippen LogP contribution < -0.4 is 14.8 Å². The minimum atomic E-state index is -0.574. The zero-order valence-electron chi connectivity index (χ0n) is 12.7. The molecule has 1 aromatic carbocycles. The minimum Gasteiger partial charge on any atom is -0.497 e. The average molecular weight is 299 g/mol. The van der Waals surface area contributed by atoms with Crippen molar-refractivity contribution in [2.75, 3.05) is 53.7 Å². The van der Waals surface area contributed by atoms with Gasteiger partial charge in [0.1, 0.15) is 24.2 Å². The van der Waals surface area contributed by atoms with E-state index in [0.29, 0.717) is 38.7 Å². The normalized spacial score (nSPS) is 12.1. The summed E-state index contributed by atoms with van der Waals surface area (Å²) in [6.45, 7) is 3.13. The third-order valence-corrected chi connectivity index (χ3v) is 2.72. The highest BCUT2D eigenvalue weighted by atomic mass is 16.5. The molecule has 0 spiro atoms. The Labute approximate surface area is 126 Å². The van der Waals surface area contributed by atoms with Crippen molar-refractivity contribution in [2.45, 2.75) is 6.10 Å². The number of hydrogen-bond acceptors (Lipinski definition) is 6. The Balaban J connectivity index is 2.06. The van der Waals surface area contributed by atoms with Gasteiger partial charge < -0.3 is 29.4 Å². The molecule has 6 nitrogen and oxygen atoms in total. The van der Waals surface area contributed by atoms with Gasteiger partial charge >= 0.3 is 0 Å². The van der Waals surface area contributed by atoms with Gasteiger partial charge in [0.2, 0.25) is 0 Å². The van der Waals surface area contributed by atoms with Crippen molar-refractivity contribution in [3.8, 4) is 11.5 Å². The number of ether oxygens (including phenoxy) is 4. The van der Waals surface area contributed by atoms with Crippen LogP contribution in [-0.2, 0) is 9.47 Å². The van der Waals surface area contributed by atoms with Gasteiger partial charge in [-0.25, -0.2) is 0 Å². The molecule has 1 atom stereocenters. The summed E-state index contributed by atoms with van der Waals surface area (Å²) in [6, 6.07) is 7.29. The maximum absolute atomic E-state index is 9.80. The molecule has 0 aliphatic heterocycles. The molecule has 1 rings (SSSR count). The van der Waals surface area contributed by atoms with Crippen LogP contribution in [0.5, 0.6) is 11.5 Å². The standard InChI is InChI=1S/C15H25NO5/c1-18-8-9-20-7-6-16-11-13(17)12-21-15-5-3-4-14(10-15)19-2/h3-5,10,13,16-17H,6-9,11-12H2,1-2H3. The Hall–Kier alpha value is -1.34. The number of rotatable bonds is 12. The first-order valence-corrected chi connectivity index (χ1v) is 6.98.